The summed E-state index contributed by atoms with van der Waals surface area (Å²) in [5.74, 6) is -0.251. The van der Waals surface area contributed by atoms with Gasteiger partial charge in [0.2, 0.25) is 5.91 Å². The highest BCUT2D eigenvalue weighted by Gasteiger charge is 2.04. The van der Waals surface area contributed by atoms with E-state index in [1.54, 1.807) is 31.3 Å². The number of hydrogen-bond acceptors (Lipinski definition) is 3. The van der Waals surface area contributed by atoms with Crippen molar-refractivity contribution in [1.82, 2.24) is 15.6 Å². The zero-order valence-electron chi connectivity index (χ0n) is 9.19. The molecule has 0 saturated heterocycles. The Bertz CT molecular complexity index is 352. The summed E-state index contributed by atoms with van der Waals surface area (Å²) in [6, 6.07) is 5.14. The second kappa shape index (κ2) is 6.55. The van der Waals surface area contributed by atoms with E-state index < -0.39 is 0 Å². The van der Waals surface area contributed by atoms with Gasteiger partial charge in [-0.2, -0.15) is 0 Å². The molecule has 5 heteroatoms. The van der Waals surface area contributed by atoms with Gasteiger partial charge in [0.1, 0.15) is 5.69 Å². The topological polar surface area (TPSA) is 71.1 Å². The quantitative estimate of drug-likeness (QED) is 0.704. The summed E-state index contributed by atoms with van der Waals surface area (Å²) in [7, 11) is 0. The fourth-order valence-corrected chi connectivity index (χ4v) is 1.09. The third-order valence-corrected chi connectivity index (χ3v) is 1.95. The number of carbonyl (C=O) groups is 2. The van der Waals surface area contributed by atoms with E-state index >= 15 is 0 Å². The zero-order valence-corrected chi connectivity index (χ0v) is 9.19. The molecule has 2 N–H and O–H groups in total. The minimum Gasteiger partial charge on any atom is -0.354 e. The first-order valence-corrected chi connectivity index (χ1v) is 5.20. The van der Waals surface area contributed by atoms with Crippen molar-refractivity contribution in [3.05, 3.63) is 30.1 Å². The lowest BCUT2D eigenvalue weighted by Crippen LogP contribution is -2.34. The van der Waals surface area contributed by atoms with Gasteiger partial charge in [0.05, 0.1) is 0 Å². The molecular weight excluding hydrogens is 206 g/mol. The number of nitrogens with zero attached hydrogens (tertiary/aromatic N) is 1. The van der Waals surface area contributed by atoms with Gasteiger partial charge in [-0.15, -0.1) is 0 Å². The highest BCUT2D eigenvalue weighted by atomic mass is 16.2. The maximum Gasteiger partial charge on any atom is 0.269 e. The average molecular weight is 221 g/mol. The van der Waals surface area contributed by atoms with Gasteiger partial charge in [0, 0.05) is 25.7 Å². The normalized spacial score (nSPS) is 9.56. The molecule has 0 aromatic carbocycles. The van der Waals surface area contributed by atoms with Crippen molar-refractivity contribution in [3.63, 3.8) is 0 Å². The average Bonchev–Trinajstić information content (AvgIpc) is 2.35. The van der Waals surface area contributed by atoms with Crippen LogP contribution in [0.25, 0.3) is 0 Å². The van der Waals surface area contributed by atoms with Crippen LogP contribution in [-0.2, 0) is 4.79 Å². The Labute approximate surface area is 94.3 Å². The molecule has 0 fully saturated rings. The van der Waals surface area contributed by atoms with Gasteiger partial charge in [-0.3, -0.25) is 14.6 Å². The van der Waals surface area contributed by atoms with Crippen LogP contribution in [0.1, 0.15) is 23.8 Å². The van der Waals surface area contributed by atoms with Gasteiger partial charge in [0.25, 0.3) is 5.91 Å². The van der Waals surface area contributed by atoms with Crippen LogP contribution in [-0.4, -0.2) is 29.9 Å². The zero-order chi connectivity index (χ0) is 11.8. The Morgan fingerprint density at radius 1 is 1.25 bits per heavy atom. The maximum atomic E-state index is 11.5. The van der Waals surface area contributed by atoms with Crippen molar-refractivity contribution < 1.29 is 9.59 Å². The predicted molar refractivity (Wildman–Crippen MR) is 59.9 cm³/mol. The summed E-state index contributed by atoms with van der Waals surface area (Å²) in [6.45, 7) is 2.62. The van der Waals surface area contributed by atoms with E-state index in [1.807, 2.05) is 0 Å². The molecule has 0 bridgehead atoms. The second-order valence-corrected chi connectivity index (χ2v) is 3.17. The maximum absolute atomic E-state index is 11.5. The van der Waals surface area contributed by atoms with E-state index in [1.165, 1.54) is 0 Å². The molecule has 0 radical (unpaired) electrons. The molecule has 0 spiro atoms. The standard InChI is InChI=1S/C11H15N3O2/c1-2-10(15)13-7-8-14-11(16)9-5-3-4-6-12-9/h3-6H,2,7-8H2,1H3,(H,13,15)(H,14,16). The minimum atomic E-state index is -0.230. The summed E-state index contributed by atoms with van der Waals surface area (Å²) in [6.07, 6.45) is 2.02. The lowest BCUT2D eigenvalue weighted by atomic mass is 10.3. The van der Waals surface area contributed by atoms with Crippen LogP contribution < -0.4 is 10.6 Å². The first-order chi connectivity index (χ1) is 7.74. The number of pyridine rings is 1. The smallest absolute Gasteiger partial charge is 0.269 e. The summed E-state index contributed by atoms with van der Waals surface area (Å²) in [5.41, 5.74) is 0.379. The van der Waals surface area contributed by atoms with Crippen LogP contribution in [0.3, 0.4) is 0 Å². The molecule has 0 atom stereocenters. The third-order valence-electron chi connectivity index (χ3n) is 1.95. The molecule has 0 aliphatic rings. The minimum absolute atomic E-state index is 0.0212. The molecule has 1 aromatic rings. The Morgan fingerprint density at radius 3 is 2.62 bits per heavy atom. The van der Waals surface area contributed by atoms with Gasteiger partial charge in [-0.25, -0.2) is 0 Å². The molecule has 0 aliphatic heterocycles. The van der Waals surface area contributed by atoms with Crippen molar-refractivity contribution in [2.24, 2.45) is 0 Å². The van der Waals surface area contributed by atoms with Crippen LogP contribution in [0.4, 0.5) is 0 Å². The van der Waals surface area contributed by atoms with Crippen molar-refractivity contribution in [1.29, 1.82) is 0 Å². The van der Waals surface area contributed by atoms with Crippen molar-refractivity contribution in [2.75, 3.05) is 13.1 Å². The molecule has 2 amide bonds. The SMILES string of the molecule is CCC(=O)NCCNC(=O)c1ccccn1. The van der Waals surface area contributed by atoms with Crippen LogP contribution in [0.5, 0.6) is 0 Å². The molecule has 0 aliphatic carbocycles. The molecule has 0 unspecified atom stereocenters. The molecular formula is C11H15N3O2. The van der Waals surface area contributed by atoms with Crippen LogP contribution in [0.15, 0.2) is 24.4 Å². The van der Waals surface area contributed by atoms with Gasteiger partial charge < -0.3 is 10.6 Å². The molecule has 1 aromatic heterocycles. The summed E-state index contributed by atoms with van der Waals surface area (Å²) >= 11 is 0. The number of hydrogen-bond donors (Lipinski definition) is 2. The molecule has 86 valence electrons. The Balaban J connectivity index is 2.24. The summed E-state index contributed by atoms with van der Waals surface area (Å²) in [4.78, 5) is 26.3. The van der Waals surface area contributed by atoms with Crippen molar-refractivity contribution >= 4 is 11.8 Å². The second-order valence-electron chi connectivity index (χ2n) is 3.17. The number of rotatable bonds is 5. The molecule has 16 heavy (non-hydrogen) atoms. The first-order valence-electron chi connectivity index (χ1n) is 5.20. The molecule has 1 heterocycles. The lowest BCUT2D eigenvalue weighted by molar-refractivity contribution is -0.120. The van der Waals surface area contributed by atoms with E-state index in [0.29, 0.717) is 25.2 Å². The number of amides is 2. The van der Waals surface area contributed by atoms with E-state index in [2.05, 4.69) is 15.6 Å². The van der Waals surface area contributed by atoms with Crippen LogP contribution in [0.2, 0.25) is 0 Å². The Morgan fingerprint density at radius 2 is 2.00 bits per heavy atom. The monoisotopic (exact) mass is 221 g/mol. The molecule has 0 saturated carbocycles. The lowest BCUT2D eigenvalue weighted by Gasteiger charge is -2.05. The van der Waals surface area contributed by atoms with Crippen LogP contribution in [0, 0.1) is 0 Å². The third kappa shape index (κ3) is 4.08. The summed E-state index contributed by atoms with van der Waals surface area (Å²) in [5, 5.41) is 5.33. The predicted octanol–water partition coefficient (Wildman–Crippen LogP) is 0.338. The van der Waals surface area contributed by atoms with Gasteiger partial charge in [-0.05, 0) is 12.1 Å². The van der Waals surface area contributed by atoms with Gasteiger partial charge in [-0.1, -0.05) is 13.0 Å². The summed E-state index contributed by atoms with van der Waals surface area (Å²) < 4.78 is 0. The highest BCUT2D eigenvalue weighted by Crippen LogP contribution is 1.91. The first kappa shape index (κ1) is 12.2. The van der Waals surface area contributed by atoms with E-state index in [4.69, 9.17) is 0 Å². The number of carbonyl (C=O) groups excluding carboxylic acids is 2. The fraction of sp³-hybridized carbons (Fsp3) is 0.364. The molecule has 5 nitrogen and oxygen atoms in total. The largest absolute Gasteiger partial charge is 0.354 e. The van der Waals surface area contributed by atoms with Crippen molar-refractivity contribution in [2.45, 2.75) is 13.3 Å². The van der Waals surface area contributed by atoms with E-state index in [0.717, 1.165) is 0 Å². The number of nitrogens with one attached hydrogen (secondary N) is 2. The highest BCUT2D eigenvalue weighted by molar-refractivity contribution is 5.92. The van der Waals surface area contributed by atoms with Crippen molar-refractivity contribution in [3.8, 4) is 0 Å². The Kier molecular flexibility index (Phi) is 4.98. The van der Waals surface area contributed by atoms with E-state index in [-0.39, 0.29) is 11.8 Å². The number of aromatic nitrogens is 1. The molecule has 1 rings (SSSR count). The van der Waals surface area contributed by atoms with E-state index in [9.17, 15) is 9.59 Å². The Hall–Kier alpha value is -1.91. The van der Waals surface area contributed by atoms with Crippen LogP contribution >= 0.6 is 0 Å². The van der Waals surface area contributed by atoms with Gasteiger partial charge >= 0.3 is 0 Å². The van der Waals surface area contributed by atoms with Gasteiger partial charge in [0.15, 0.2) is 0 Å². The fourth-order valence-electron chi connectivity index (χ4n) is 1.09.